The summed E-state index contributed by atoms with van der Waals surface area (Å²) < 4.78 is 11.7. The first-order valence-electron chi connectivity index (χ1n) is 6.64. The predicted octanol–water partition coefficient (Wildman–Crippen LogP) is 4.66. The average molecular weight is 380 g/mol. The second-order valence-corrected chi connectivity index (χ2v) is 5.92. The van der Waals surface area contributed by atoms with Crippen LogP contribution in [0.4, 0.5) is 0 Å². The largest absolute Gasteiger partial charge is 0.483 e. The highest BCUT2D eigenvalue weighted by Gasteiger charge is 2.09. The van der Waals surface area contributed by atoms with Gasteiger partial charge in [0.05, 0.1) is 4.47 Å². The van der Waals surface area contributed by atoms with Crippen molar-refractivity contribution in [3.8, 4) is 5.75 Å². The molecular formula is C16H12BrClN2O2. The Labute approximate surface area is 141 Å². The fourth-order valence-electron chi connectivity index (χ4n) is 1.95. The first-order chi connectivity index (χ1) is 10.7. The zero-order valence-corrected chi connectivity index (χ0v) is 13.8. The molecule has 0 saturated heterocycles. The third-order valence-electron chi connectivity index (χ3n) is 2.95. The quantitative estimate of drug-likeness (QED) is 0.647. The molecule has 3 rings (SSSR count). The van der Waals surface area contributed by atoms with Crippen LogP contribution >= 0.6 is 27.5 Å². The van der Waals surface area contributed by atoms with Crippen molar-refractivity contribution in [2.75, 3.05) is 0 Å². The lowest BCUT2D eigenvalue weighted by atomic mass is 10.1. The molecule has 0 amide bonds. The van der Waals surface area contributed by atoms with Gasteiger partial charge < -0.3 is 9.26 Å². The predicted molar refractivity (Wildman–Crippen MR) is 87.0 cm³/mol. The monoisotopic (exact) mass is 378 g/mol. The Kier molecular flexibility index (Phi) is 4.75. The van der Waals surface area contributed by atoms with E-state index < -0.39 is 0 Å². The Morgan fingerprint density at radius 1 is 1.14 bits per heavy atom. The van der Waals surface area contributed by atoms with E-state index >= 15 is 0 Å². The fraction of sp³-hybridized carbons (Fsp3) is 0.125. The van der Waals surface area contributed by atoms with Crippen LogP contribution in [-0.4, -0.2) is 10.1 Å². The van der Waals surface area contributed by atoms with Gasteiger partial charge in [-0.1, -0.05) is 41.0 Å². The minimum Gasteiger partial charge on any atom is -0.483 e. The van der Waals surface area contributed by atoms with Crippen LogP contribution in [0.3, 0.4) is 0 Å². The topological polar surface area (TPSA) is 48.2 Å². The minimum absolute atomic E-state index is 0.227. The second-order valence-electron chi connectivity index (χ2n) is 4.63. The zero-order chi connectivity index (χ0) is 15.4. The molecule has 0 bridgehead atoms. The summed E-state index contributed by atoms with van der Waals surface area (Å²) in [7, 11) is 0. The number of benzene rings is 2. The molecule has 0 aliphatic carbocycles. The molecule has 1 heterocycles. The Morgan fingerprint density at radius 2 is 2.00 bits per heavy atom. The summed E-state index contributed by atoms with van der Waals surface area (Å²) in [5, 5.41) is 4.65. The van der Waals surface area contributed by atoms with E-state index in [0.29, 0.717) is 23.2 Å². The highest BCUT2D eigenvalue weighted by Crippen LogP contribution is 2.24. The molecule has 0 radical (unpaired) electrons. The third kappa shape index (κ3) is 3.87. The van der Waals surface area contributed by atoms with Crippen molar-refractivity contribution in [3.05, 3.63) is 75.3 Å². The number of rotatable bonds is 5. The van der Waals surface area contributed by atoms with Gasteiger partial charge in [-0.2, -0.15) is 4.98 Å². The summed E-state index contributed by atoms with van der Waals surface area (Å²) in [6.07, 6.45) is 0.569. The standard InChI is InChI=1S/C16H12BrClN2O2/c17-13-6-1-2-7-14(13)21-10-16-19-15(20-22-16)9-11-4-3-5-12(18)8-11/h1-8H,9-10H2. The summed E-state index contributed by atoms with van der Waals surface area (Å²) >= 11 is 9.38. The van der Waals surface area contributed by atoms with Crippen molar-refractivity contribution in [2.24, 2.45) is 0 Å². The second kappa shape index (κ2) is 6.94. The number of nitrogens with zero attached hydrogens (tertiary/aromatic N) is 2. The van der Waals surface area contributed by atoms with Crippen LogP contribution in [0.2, 0.25) is 5.02 Å². The SMILES string of the molecule is Clc1cccc(Cc2noc(COc3ccccc3Br)n2)c1. The molecule has 2 aromatic carbocycles. The van der Waals surface area contributed by atoms with Gasteiger partial charge in [-0.05, 0) is 45.8 Å². The molecule has 1 aromatic heterocycles. The van der Waals surface area contributed by atoms with E-state index in [-0.39, 0.29) is 6.61 Å². The van der Waals surface area contributed by atoms with Crippen LogP contribution in [0.15, 0.2) is 57.5 Å². The highest BCUT2D eigenvalue weighted by molar-refractivity contribution is 9.10. The van der Waals surface area contributed by atoms with Crippen LogP contribution in [0.5, 0.6) is 5.75 Å². The molecule has 112 valence electrons. The number of para-hydroxylation sites is 1. The molecular weight excluding hydrogens is 368 g/mol. The molecule has 0 unspecified atom stereocenters. The van der Waals surface area contributed by atoms with Gasteiger partial charge in [-0.3, -0.25) is 0 Å². The first-order valence-corrected chi connectivity index (χ1v) is 7.81. The maximum absolute atomic E-state index is 5.96. The molecule has 0 fully saturated rings. The van der Waals surface area contributed by atoms with Crippen molar-refractivity contribution in [3.63, 3.8) is 0 Å². The van der Waals surface area contributed by atoms with Crippen molar-refractivity contribution in [1.29, 1.82) is 0 Å². The molecule has 3 aromatic rings. The van der Waals surface area contributed by atoms with Crippen LogP contribution in [0.1, 0.15) is 17.3 Å². The van der Waals surface area contributed by atoms with Crippen molar-refractivity contribution < 1.29 is 9.26 Å². The lowest BCUT2D eigenvalue weighted by molar-refractivity contribution is 0.241. The van der Waals surface area contributed by atoms with Crippen LogP contribution in [0.25, 0.3) is 0 Å². The molecule has 0 N–H and O–H groups in total. The summed E-state index contributed by atoms with van der Waals surface area (Å²) in [6.45, 7) is 0.227. The Morgan fingerprint density at radius 3 is 2.82 bits per heavy atom. The van der Waals surface area contributed by atoms with Gasteiger partial charge in [0.15, 0.2) is 12.4 Å². The van der Waals surface area contributed by atoms with E-state index in [9.17, 15) is 0 Å². The molecule has 22 heavy (non-hydrogen) atoms. The zero-order valence-electron chi connectivity index (χ0n) is 11.5. The number of aromatic nitrogens is 2. The van der Waals surface area contributed by atoms with Gasteiger partial charge in [0.1, 0.15) is 5.75 Å². The molecule has 4 nitrogen and oxygen atoms in total. The maximum atomic E-state index is 5.96. The lowest BCUT2D eigenvalue weighted by Gasteiger charge is -2.04. The average Bonchev–Trinajstić information content (AvgIpc) is 2.94. The highest BCUT2D eigenvalue weighted by atomic mass is 79.9. The lowest BCUT2D eigenvalue weighted by Crippen LogP contribution is -1.97. The fourth-order valence-corrected chi connectivity index (χ4v) is 2.56. The van der Waals surface area contributed by atoms with Crippen molar-refractivity contribution >= 4 is 27.5 Å². The van der Waals surface area contributed by atoms with Crippen molar-refractivity contribution in [1.82, 2.24) is 10.1 Å². The summed E-state index contributed by atoms with van der Waals surface area (Å²) in [6, 6.07) is 15.2. The maximum Gasteiger partial charge on any atom is 0.264 e. The number of halogens is 2. The Hall–Kier alpha value is -1.85. The van der Waals surface area contributed by atoms with Crippen LogP contribution < -0.4 is 4.74 Å². The van der Waals surface area contributed by atoms with Crippen molar-refractivity contribution in [2.45, 2.75) is 13.0 Å². The van der Waals surface area contributed by atoms with Gasteiger partial charge in [0, 0.05) is 11.4 Å². The molecule has 0 aliphatic heterocycles. The van der Waals surface area contributed by atoms with E-state index in [0.717, 1.165) is 15.8 Å². The van der Waals surface area contributed by atoms with Gasteiger partial charge >= 0.3 is 0 Å². The summed E-state index contributed by atoms with van der Waals surface area (Å²) in [4.78, 5) is 4.32. The molecule has 0 aliphatic rings. The van der Waals surface area contributed by atoms with E-state index in [1.165, 1.54) is 0 Å². The van der Waals surface area contributed by atoms with Crippen LogP contribution in [-0.2, 0) is 13.0 Å². The number of hydrogen-bond donors (Lipinski definition) is 0. The normalized spacial score (nSPS) is 10.6. The Bertz CT molecular complexity index is 776. The first kappa shape index (κ1) is 15.1. The van der Waals surface area contributed by atoms with E-state index in [2.05, 4.69) is 26.1 Å². The van der Waals surface area contributed by atoms with Gasteiger partial charge in [0.25, 0.3) is 5.89 Å². The Balaban J connectivity index is 1.63. The summed E-state index contributed by atoms with van der Waals surface area (Å²) in [5.74, 6) is 1.78. The number of ether oxygens (including phenoxy) is 1. The summed E-state index contributed by atoms with van der Waals surface area (Å²) in [5.41, 5.74) is 1.03. The van der Waals surface area contributed by atoms with E-state index in [1.807, 2.05) is 48.5 Å². The minimum atomic E-state index is 0.227. The molecule has 6 heteroatoms. The van der Waals surface area contributed by atoms with Gasteiger partial charge in [-0.15, -0.1) is 0 Å². The van der Waals surface area contributed by atoms with Gasteiger partial charge in [0.2, 0.25) is 0 Å². The molecule has 0 spiro atoms. The van der Waals surface area contributed by atoms with Crippen LogP contribution in [0, 0.1) is 0 Å². The van der Waals surface area contributed by atoms with E-state index in [1.54, 1.807) is 0 Å². The third-order valence-corrected chi connectivity index (χ3v) is 3.84. The van der Waals surface area contributed by atoms with Gasteiger partial charge in [-0.25, -0.2) is 0 Å². The van der Waals surface area contributed by atoms with E-state index in [4.69, 9.17) is 20.9 Å². The molecule has 0 saturated carbocycles. The smallest absolute Gasteiger partial charge is 0.264 e. The number of hydrogen-bond acceptors (Lipinski definition) is 4. The molecule has 0 atom stereocenters.